The van der Waals surface area contributed by atoms with Crippen LogP contribution in [0.3, 0.4) is 0 Å². The Kier molecular flexibility index (Phi) is 2.42. The molecule has 0 bridgehead atoms. The maximum atomic E-state index is 4.77. The average Bonchev–Trinajstić information content (AvgIpc) is 2.37. The van der Waals surface area contributed by atoms with Gasteiger partial charge < -0.3 is 5.01 Å². The molecule has 0 aliphatic carbocycles. The highest BCUT2D eigenvalue weighted by Gasteiger charge is 2.12. The second-order valence-electron chi connectivity index (χ2n) is 2.34. The Labute approximate surface area is 61.4 Å². The van der Waals surface area contributed by atoms with Crippen LogP contribution in [0.4, 0.5) is 0 Å². The second-order valence-corrected chi connectivity index (χ2v) is 2.55. The number of hydrazine groups is 1. The van der Waals surface area contributed by atoms with E-state index in [2.05, 4.69) is 5.01 Å². The van der Waals surface area contributed by atoms with Crippen molar-refractivity contribution >= 4 is 17.7 Å². The van der Waals surface area contributed by atoms with Crippen molar-refractivity contribution in [3.05, 3.63) is 0 Å². The summed E-state index contributed by atoms with van der Waals surface area (Å²) in [6, 6.07) is 0. The predicted octanol–water partition coefficient (Wildman–Crippen LogP) is 0.886. The van der Waals surface area contributed by atoms with E-state index in [0.717, 1.165) is 0 Å². The van der Waals surface area contributed by atoms with Crippen molar-refractivity contribution in [2.24, 2.45) is 0 Å². The van der Waals surface area contributed by atoms with Crippen LogP contribution in [0.2, 0.25) is 0 Å². The predicted molar refractivity (Wildman–Crippen MR) is 42.2 cm³/mol. The van der Waals surface area contributed by atoms with Crippen LogP contribution in [0.25, 0.3) is 0 Å². The van der Waals surface area contributed by atoms with Gasteiger partial charge in [-0.3, -0.25) is 0 Å². The molecule has 52 valence electrons. The molecule has 0 aromatic carbocycles. The number of nitrogens with zero attached hydrogens (tertiary/aromatic N) is 2. The Morgan fingerprint density at radius 3 is 2.44 bits per heavy atom. The Morgan fingerprint density at radius 1 is 1.44 bits per heavy atom. The molecular weight excluding hydrogens is 132 g/mol. The van der Waals surface area contributed by atoms with Gasteiger partial charge in [0.15, 0.2) is 0 Å². The van der Waals surface area contributed by atoms with Gasteiger partial charge in [-0.15, -0.1) is 0 Å². The van der Waals surface area contributed by atoms with Crippen LogP contribution in [-0.4, -0.2) is 35.6 Å². The lowest BCUT2D eigenvalue weighted by Crippen LogP contribution is -2.35. The van der Waals surface area contributed by atoms with E-state index in [9.17, 15) is 0 Å². The van der Waals surface area contributed by atoms with Crippen molar-refractivity contribution in [3.63, 3.8) is 0 Å². The van der Waals surface area contributed by atoms with Crippen molar-refractivity contribution in [1.29, 1.82) is 0 Å². The molecule has 0 unspecified atom stereocenters. The summed E-state index contributed by atoms with van der Waals surface area (Å²) in [6.07, 6.45) is 2.63. The van der Waals surface area contributed by atoms with Crippen molar-refractivity contribution in [2.45, 2.75) is 12.8 Å². The van der Waals surface area contributed by atoms with Gasteiger partial charge in [-0.2, -0.15) is 0 Å². The first-order chi connectivity index (χ1) is 4.34. The first-order valence-corrected chi connectivity index (χ1v) is 3.74. The van der Waals surface area contributed by atoms with E-state index in [0.29, 0.717) is 0 Å². The molecule has 0 aromatic heterocycles. The summed E-state index contributed by atoms with van der Waals surface area (Å²) < 4.78 is 0. The minimum atomic E-state index is 1.17. The monoisotopic (exact) mass is 144 g/mol. The van der Waals surface area contributed by atoms with Crippen LogP contribution < -0.4 is 0 Å². The Hall–Kier alpha value is -0.150. The number of rotatable bonds is 2. The van der Waals surface area contributed by atoms with Crippen LogP contribution >= 0.6 is 12.2 Å². The highest BCUT2D eigenvalue weighted by molar-refractivity contribution is 7.78. The normalized spacial score (nSPS) is 20.1. The van der Waals surface area contributed by atoms with Crippen molar-refractivity contribution < 1.29 is 0 Å². The molecule has 0 saturated carbocycles. The van der Waals surface area contributed by atoms with Crippen LogP contribution in [0.1, 0.15) is 12.8 Å². The molecule has 0 aromatic rings. The van der Waals surface area contributed by atoms with E-state index in [1.807, 2.05) is 12.1 Å². The van der Waals surface area contributed by atoms with Gasteiger partial charge in [-0.25, -0.2) is 5.01 Å². The minimum Gasteiger partial charge on any atom is -0.305 e. The highest BCUT2D eigenvalue weighted by atomic mass is 32.1. The zero-order valence-electron chi connectivity index (χ0n) is 5.71. The first-order valence-electron chi connectivity index (χ1n) is 3.27. The summed E-state index contributed by atoms with van der Waals surface area (Å²) in [5, 5.41) is 4.25. The molecule has 9 heavy (non-hydrogen) atoms. The van der Waals surface area contributed by atoms with Gasteiger partial charge in [-0.05, 0) is 12.8 Å². The zero-order valence-corrected chi connectivity index (χ0v) is 6.52. The van der Waals surface area contributed by atoms with E-state index in [1.54, 1.807) is 5.49 Å². The number of hydrogen-bond donors (Lipinski definition) is 0. The van der Waals surface area contributed by atoms with E-state index in [1.165, 1.54) is 25.9 Å². The third kappa shape index (κ3) is 1.63. The number of hydrogen-bond acceptors (Lipinski definition) is 2. The summed E-state index contributed by atoms with van der Waals surface area (Å²) in [6.45, 7) is 2.34. The van der Waals surface area contributed by atoms with E-state index in [4.69, 9.17) is 12.2 Å². The SMILES string of the molecule is CN(C=S)N1CCCC1. The van der Waals surface area contributed by atoms with Crippen LogP contribution in [0, 0.1) is 0 Å². The van der Waals surface area contributed by atoms with Crippen LogP contribution in [-0.2, 0) is 0 Å². The fourth-order valence-electron chi connectivity index (χ4n) is 1.08. The molecule has 1 aliphatic heterocycles. The topological polar surface area (TPSA) is 6.48 Å². The van der Waals surface area contributed by atoms with Gasteiger partial charge >= 0.3 is 0 Å². The molecule has 2 nitrogen and oxygen atoms in total. The van der Waals surface area contributed by atoms with Gasteiger partial charge in [0.25, 0.3) is 0 Å². The van der Waals surface area contributed by atoms with Gasteiger partial charge in [-0.1, -0.05) is 12.2 Å². The highest BCUT2D eigenvalue weighted by Crippen LogP contribution is 2.07. The lowest BCUT2D eigenvalue weighted by Gasteiger charge is -2.24. The van der Waals surface area contributed by atoms with Crippen molar-refractivity contribution in [1.82, 2.24) is 10.0 Å². The van der Waals surface area contributed by atoms with Crippen molar-refractivity contribution in [3.8, 4) is 0 Å². The molecular formula is C6H12N2S. The molecule has 0 amide bonds. The quantitative estimate of drug-likeness (QED) is 0.531. The van der Waals surface area contributed by atoms with E-state index in [-0.39, 0.29) is 0 Å². The molecule has 1 heterocycles. The molecule has 0 N–H and O–H groups in total. The maximum Gasteiger partial charge on any atom is 0.0786 e. The molecule has 0 radical (unpaired) electrons. The summed E-state index contributed by atoms with van der Waals surface area (Å²) in [7, 11) is 2.00. The smallest absolute Gasteiger partial charge is 0.0786 e. The Morgan fingerprint density at radius 2 is 2.00 bits per heavy atom. The van der Waals surface area contributed by atoms with Gasteiger partial charge in [0, 0.05) is 20.1 Å². The Bertz CT molecular complexity index is 99.2. The maximum absolute atomic E-state index is 4.77. The summed E-state index contributed by atoms with van der Waals surface area (Å²) in [5.74, 6) is 0. The summed E-state index contributed by atoms with van der Waals surface area (Å²) in [4.78, 5) is 0. The lowest BCUT2D eigenvalue weighted by atomic mass is 10.4. The molecule has 1 rings (SSSR count). The largest absolute Gasteiger partial charge is 0.305 e. The van der Waals surface area contributed by atoms with E-state index >= 15 is 0 Å². The molecule has 1 saturated heterocycles. The third-order valence-corrected chi connectivity index (χ3v) is 1.99. The molecule has 0 spiro atoms. The summed E-state index contributed by atoms with van der Waals surface area (Å²) in [5.41, 5.74) is 1.69. The lowest BCUT2D eigenvalue weighted by molar-refractivity contribution is 0.112. The average molecular weight is 144 g/mol. The third-order valence-electron chi connectivity index (χ3n) is 1.68. The minimum absolute atomic E-state index is 1.17. The standard InChI is InChI=1S/C6H12N2S/c1-7(6-9)8-4-2-3-5-8/h6H,2-5H2,1H3. The fourth-order valence-corrected chi connectivity index (χ4v) is 1.22. The van der Waals surface area contributed by atoms with Crippen LogP contribution in [0.15, 0.2) is 0 Å². The number of thiocarbonyl (C=S) groups is 1. The second kappa shape index (κ2) is 3.13. The first kappa shape index (κ1) is 6.96. The Balaban J connectivity index is 2.32. The van der Waals surface area contributed by atoms with Gasteiger partial charge in [0.1, 0.15) is 0 Å². The van der Waals surface area contributed by atoms with E-state index < -0.39 is 0 Å². The van der Waals surface area contributed by atoms with Gasteiger partial charge in [0.2, 0.25) is 0 Å². The van der Waals surface area contributed by atoms with Gasteiger partial charge in [0.05, 0.1) is 5.49 Å². The van der Waals surface area contributed by atoms with Crippen molar-refractivity contribution in [2.75, 3.05) is 20.1 Å². The molecule has 1 aliphatic rings. The molecule has 0 atom stereocenters. The molecule has 3 heteroatoms. The fraction of sp³-hybridized carbons (Fsp3) is 0.833. The summed E-state index contributed by atoms with van der Waals surface area (Å²) >= 11 is 4.77. The van der Waals surface area contributed by atoms with Crippen LogP contribution in [0.5, 0.6) is 0 Å². The zero-order chi connectivity index (χ0) is 6.69. The molecule has 1 fully saturated rings.